The topological polar surface area (TPSA) is 61.4 Å². The molecule has 2 aromatic rings. The fourth-order valence-corrected chi connectivity index (χ4v) is 2.67. The van der Waals surface area contributed by atoms with Gasteiger partial charge in [0.1, 0.15) is 0 Å². The molecule has 0 aromatic heterocycles. The van der Waals surface area contributed by atoms with E-state index in [9.17, 15) is 9.59 Å². The molecule has 0 aliphatic heterocycles. The van der Waals surface area contributed by atoms with Gasteiger partial charge in [-0.1, -0.05) is 54.9 Å². The van der Waals surface area contributed by atoms with E-state index >= 15 is 0 Å². The number of hydrogen-bond acceptors (Lipinski definition) is 3. The SMILES string of the molecule is CCN(CC(=O)NCC(=O)Nc1cccc(Cl)c1C)Cc1ccccc1. The van der Waals surface area contributed by atoms with Crippen LogP contribution in [-0.2, 0) is 16.1 Å². The van der Waals surface area contributed by atoms with Crippen molar-refractivity contribution in [3.05, 3.63) is 64.7 Å². The Morgan fingerprint density at radius 2 is 1.77 bits per heavy atom. The Morgan fingerprint density at radius 3 is 2.46 bits per heavy atom. The number of anilines is 1. The molecule has 0 atom stereocenters. The van der Waals surface area contributed by atoms with E-state index in [1.54, 1.807) is 18.2 Å². The lowest BCUT2D eigenvalue weighted by Crippen LogP contribution is -2.40. The molecule has 26 heavy (non-hydrogen) atoms. The van der Waals surface area contributed by atoms with Crippen LogP contribution < -0.4 is 10.6 Å². The molecule has 0 saturated carbocycles. The van der Waals surface area contributed by atoms with Crippen LogP contribution in [0.2, 0.25) is 5.02 Å². The summed E-state index contributed by atoms with van der Waals surface area (Å²) in [5.41, 5.74) is 2.60. The molecule has 2 amide bonds. The Balaban J connectivity index is 1.79. The van der Waals surface area contributed by atoms with Crippen LogP contribution >= 0.6 is 11.6 Å². The van der Waals surface area contributed by atoms with Crippen molar-refractivity contribution in [3.63, 3.8) is 0 Å². The van der Waals surface area contributed by atoms with Crippen LogP contribution in [-0.4, -0.2) is 36.3 Å². The van der Waals surface area contributed by atoms with Crippen molar-refractivity contribution in [1.29, 1.82) is 0 Å². The van der Waals surface area contributed by atoms with E-state index in [0.717, 1.165) is 17.7 Å². The third-order valence-electron chi connectivity index (χ3n) is 4.05. The Morgan fingerprint density at radius 1 is 1.04 bits per heavy atom. The van der Waals surface area contributed by atoms with E-state index in [4.69, 9.17) is 11.6 Å². The second kappa shape index (κ2) is 9.94. The zero-order chi connectivity index (χ0) is 18.9. The fourth-order valence-electron chi connectivity index (χ4n) is 2.50. The number of rotatable bonds is 8. The maximum absolute atomic E-state index is 12.1. The summed E-state index contributed by atoms with van der Waals surface area (Å²) in [4.78, 5) is 26.2. The van der Waals surface area contributed by atoms with Gasteiger partial charge in [-0.2, -0.15) is 0 Å². The molecule has 0 fully saturated rings. The summed E-state index contributed by atoms with van der Waals surface area (Å²) in [6, 6.07) is 15.3. The van der Waals surface area contributed by atoms with Crippen molar-refractivity contribution in [2.45, 2.75) is 20.4 Å². The van der Waals surface area contributed by atoms with E-state index in [1.807, 2.05) is 49.1 Å². The van der Waals surface area contributed by atoms with Crippen molar-refractivity contribution in [3.8, 4) is 0 Å². The van der Waals surface area contributed by atoms with Crippen LogP contribution in [0.1, 0.15) is 18.1 Å². The van der Waals surface area contributed by atoms with Gasteiger partial charge in [-0.25, -0.2) is 0 Å². The largest absolute Gasteiger partial charge is 0.346 e. The van der Waals surface area contributed by atoms with Gasteiger partial charge in [-0.05, 0) is 36.7 Å². The van der Waals surface area contributed by atoms with E-state index in [2.05, 4.69) is 10.6 Å². The normalized spacial score (nSPS) is 10.6. The minimum Gasteiger partial charge on any atom is -0.346 e. The molecule has 6 heteroatoms. The van der Waals surface area contributed by atoms with Gasteiger partial charge in [0.05, 0.1) is 13.1 Å². The molecular weight excluding hydrogens is 350 g/mol. The van der Waals surface area contributed by atoms with Gasteiger partial charge in [-0.3, -0.25) is 14.5 Å². The second-order valence-electron chi connectivity index (χ2n) is 6.03. The number of halogens is 1. The maximum atomic E-state index is 12.1. The summed E-state index contributed by atoms with van der Waals surface area (Å²) < 4.78 is 0. The zero-order valence-electron chi connectivity index (χ0n) is 15.1. The van der Waals surface area contributed by atoms with Gasteiger partial charge in [-0.15, -0.1) is 0 Å². The Hall–Kier alpha value is -2.37. The predicted molar refractivity (Wildman–Crippen MR) is 105 cm³/mol. The molecule has 0 aliphatic rings. The summed E-state index contributed by atoms with van der Waals surface area (Å²) in [6.07, 6.45) is 0. The molecular formula is C20H24ClN3O2. The zero-order valence-corrected chi connectivity index (χ0v) is 15.8. The quantitative estimate of drug-likeness (QED) is 0.746. The molecule has 0 aliphatic carbocycles. The van der Waals surface area contributed by atoms with Crippen molar-refractivity contribution in [1.82, 2.24) is 10.2 Å². The maximum Gasteiger partial charge on any atom is 0.243 e. The first-order valence-electron chi connectivity index (χ1n) is 8.57. The summed E-state index contributed by atoms with van der Waals surface area (Å²) in [6.45, 7) is 5.45. The third kappa shape index (κ3) is 6.17. The lowest BCUT2D eigenvalue weighted by Gasteiger charge is -2.20. The standard InChI is InChI=1S/C20H24ClN3O2/c1-3-24(13-16-8-5-4-6-9-16)14-20(26)22-12-19(25)23-18-11-7-10-17(21)15(18)2/h4-11H,3,12-14H2,1-2H3,(H,22,26)(H,23,25). The van der Waals surface area contributed by atoms with Crippen LogP contribution in [0.4, 0.5) is 5.69 Å². The van der Waals surface area contributed by atoms with Crippen LogP contribution in [0.25, 0.3) is 0 Å². The van der Waals surface area contributed by atoms with Gasteiger partial charge in [0.2, 0.25) is 11.8 Å². The molecule has 0 radical (unpaired) electrons. The molecule has 0 bridgehead atoms. The van der Waals surface area contributed by atoms with Crippen molar-refractivity contribution >= 4 is 29.1 Å². The molecule has 2 N–H and O–H groups in total. The summed E-state index contributed by atoms with van der Waals surface area (Å²) in [5, 5.41) is 6.01. The molecule has 2 rings (SSSR count). The lowest BCUT2D eigenvalue weighted by molar-refractivity contribution is -0.125. The third-order valence-corrected chi connectivity index (χ3v) is 4.46. The average Bonchev–Trinajstić information content (AvgIpc) is 2.64. The Kier molecular flexibility index (Phi) is 7.63. The van der Waals surface area contributed by atoms with Crippen molar-refractivity contribution < 1.29 is 9.59 Å². The molecule has 0 saturated heterocycles. The van der Waals surface area contributed by atoms with Gasteiger partial charge in [0.15, 0.2) is 0 Å². The fraction of sp³-hybridized carbons (Fsp3) is 0.300. The first kappa shape index (κ1) is 19.9. The van der Waals surface area contributed by atoms with Crippen molar-refractivity contribution in [2.24, 2.45) is 0 Å². The smallest absolute Gasteiger partial charge is 0.243 e. The average molecular weight is 374 g/mol. The highest BCUT2D eigenvalue weighted by Gasteiger charge is 2.12. The summed E-state index contributed by atoms with van der Waals surface area (Å²) in [5.74, 6) is -0.462. The predicted octanol–water partition coefficient (Wildman–Crippen LogP) is 3.23. The summed E-state index contributed by atoms with van der Waals surface area (Å²) >= 11 is 6.04. The van der Waals surface area contributed by atoms with E-state index in [-0.39, 0.29) is 24.9 Å². The van der Waals surface area contributed by atoms with Crippen LogP contribution in [0.5, 0.6) is 0 Å². The lowest BCUT2D eigenvalue weighted by atomic mass is 10.2. The minimum atomic E-state index is -0.283. The van der Waals surface area contributed by atoms with Gasteiger partial charge in [0, 0.05) is 17.3 Å². The summed E-state index contributed by atoms with van der Waals surface area (Å²) in [7, 11) is 0. The first-order valence-corrected chi connectivity index (χ1v) is 8.95. The number of benzene rings is 2. The van der Waals surface area contributed by atoms with Gasteiger partial charge < -0.3 is 10.6 Å². The number of carbonyl (C=O) groups excluding carboxylic acids is 2. The molecule has 5 nitrogen and oxygen atoms in total. The van der Waals surface area contributed by atoms with Crippen LogP contribution in [0, 0.1) is 6.92 Å². The highest BCUT2D eigenvalue weighted by atomic mass is 35.5. The molecule has 138 valence electrons. The molecule has 0 heterocycles. The molecule has 0 unspecified atom stereocenters. The Labute approximate surface area is 159 Å². The number of nitrogens with zero attached hydrogens (tertiary/aromatic N) is 1. The van der Waals surface area contributed by atoms with Gasteiger partial charge >= 0.3 is 0 Å². The molecule has 0 spiro atoms. The minimum absolute atomic E-state index is 0.0757. The molecule has 2 aromatic carbocycles. The van der Waals surface area contributed by atoms with Crippen LogP contribution in [0.3, 0.4) is 0 Å². The highest BCUT2D eigenvalue weighted by Crippen LogP contribution is 2.22. The van der Waals surface area contributed by atoms with Gasteiger partial charge in [0.25, 0.3) is 0 Å². The number of nitrogens with one attached hydrogen (secondary N) is 2. The van der Waals surface area contributed by atoms with E-state index in [1.165, 1.54) is 0 Å². The van der Waals surface area contributed by atoms with Crippen molar-refractivity contribution in [2.75, 3.05) is 25.0 Å². The van der Waals surface area contributed by atoms with E-state index < -0.39 is 0 Å². The first-order chi connectivity index (χ1) is 12.5. The number of likely N-dealkylation sites (N-methyl/N-ethyl adjacent to an activating group) is 1. The highest BCUT2D eigenvalue weighted by molar-refractivity contribution is 6.31. The monoisotopic (exact) mass is 373 g/mol. The number of amides is 2. The number of hydrogen-bond donors (Lipinski definition) is 2. The Bertz CT molecular complexity index is 750. The van der Waals surface area contributed by atoms with Crippen LogP contribution in [0.15, 0.2) is 48.5 Å². The second-order valence-corrected chi connectivity index (χ2v) is 6.43. The van der Waals surface area contributed by atoms with E-state index in [0.29, 0.717) is 17.3 Å². The number of carbonyl (C=O) groups is 2.